The van der Waals surface area contributed by atoms with Crippen molar-refractivity contribution in [1.82, 2.24) is 10.2 Å². The van der Waals surface area contributed by atoms with Crippen molar-refractivity contribution in [2.75, 3.05) is 40.5 Å². The van der Waals surface area contributed by atoms with Gasteiger partial charge in [0.25, 0.3) is 0 Å². The quantitative estimate of drug-likeness (QED) is 0.613. The summed E-state index contributed by atoms with van der Waals surface area (Å²) in [5.41, 5.74) is -0.577. The molecule has 0 radical (unpaired) electrons. The molecule has 1 fully saturated rings. The van der Waals surface area contributed by atoms with Gasteiger partial charge in [-0.05, 0) is 46.6 Å². The van der Waals surface area contributed by atoms with Crippen molar-refractivity contribution < 1.29 is 14.3 Å². The fourth-order valence-corrected chi connectivity index (χ4v) is 2.69. The van der Waals surface area contributed by atoms with Gasteiger partial charge in [0.05, 0.1) is 13.2 Å². The van der Waals surface area contributed by atoms with E-state index in [-0.39, 0.29) is 12.0 Å². The molecule has 0 aromatic carbocycles. The number of hydrogen-bond acceptors (Lipinski definition) is 5. The van der Waals surface area contributed by atoms with Crippen molar-refractivity contribution in [2.45, 2.75) is 45.2 Å². The predicted molar refractivity (Wildman–Crippen MR) is 79.7 cm³/mol. The number of ether oxygens (including phenoxy) is 2. The predicted octanol–water partition coefficient (Wildman–Crippen LogP) is 1.27. The summed E-state index contributed by atoms with van der Waals surface area (Å²) in [7, 11) is 3.72. The number of carbonyl (C=O) groups is 1. The van der Waals surface area contributed by atoms with Gasteiger partial charge in [0, 0.05) is 26.2 Å². The molecule has 1 rings (SSSR count). The number of nitrogens with one attached hydrogen (secondary N) is 1. The van der Waals surface area contributed by atoms with E-state index in [1.807, 2.05) is 14.0 Å². The highest BCUT2D eigenvalue weighted by molar-refractivity contribution is 5.82. The Hall–Kier alpha value is -0.650. The number of methoxy groups -OCH3 is 1. The van der Waals surface area contributed by atoms with Gasteiger partial charge in [-0.25, -0.2) is 4.79 Å². The van der Waals surface area contributed by atoms with Crippen LogP contribution in [0.2, 0.25) is 0 Å². The first-order chi connectivity index (χ1) is 9.46. The molecule has 0 spiro atoms. The Labute approximate surface area is 123 Å². The van der Waals surface area contributed by atoms with Crippen molar-refractivity contribution >= 4 is 5.97 Å². The molecule has 1 aliphatic carbocycles. The van der Waals surface area contributed by atoms with Crippen molar-refractivity contribution in [3.63, 3.8) is 0 Å². The molecule has 1 unspecified atom stereocenters. The lowest BCUT2D eigenvalue weighted by Crippen LogP contribution is -2.62. The highest BCUT2D eigenvalue weighted by atomic mass is 16.5. The van der Waals surface area contributed by atoms with Gasteiger partial charge in [0.1, 0.15) is 5.54 Å². The van der Waals surface area contributed by atoms with E-state index < -0.39 is 5.54 Å². The van der Waals surface area contributed by atoms with E-state index in [0.29, 0.717) is 25.7 Å². The molecule has 1 atom stereocenters. The summed E-state index contributed by atoms with van der Waals surface area (Å²) in [4.78, 5) is 14.7. The molecule has 5 nitrogen and oxygen atoms in total. The van der Waals surface area contributed by atoms with Gasteiger partial charge >= 0.3 is 5.97 Å². The van der Waals surface area contributed by atoms with Gasteiger partial charge in [-0.3, -0.25) is 5.32 Å². The van der Waals surface area contributed by atoms with Crippen molar-refractivity contribution in [3.8, 4) is 0 Å². The Morgan fingerprint density at radius 2 is 2.10 bits per heavy atom. The summed E-state index contributed by atoms with van der Waals surface area (Å²) >= 11 is 0. The first kappa shape index (κ1) is 17.4. The Kier molecular flexibility index (Phi) is 6.92. The molecule has 118 valence electrons. The normalized spacial score (nSPS) is 18.4. The van der Waals surface area contributed by atoms with Crippen LogP contribution in [0.15, 0.2) is 0 Å². The Morgan fingerprint density at radius 1 is 1.45 bits per heavy atom. The lowest BCUT2D eigenvalue weighted by Gasteiger charge is -2.37. The fourth-order valence-electron chi connectivity index (χ4n) is 2.69. The van der Waals surface area contributed by atoms with Crippen LogP contribution in [0.4, 0.5) is 0 Å². The Bertz CT molecular complexity index is 305. The van der Waals surface area contributed by atoms with E-state index in [1.54, 1.807) is 7.11 Å². The molecule has 0 saturated heterocycles. The maximum Gasteiger partial charge on any atom is 0.327 e. The zero-order chi connectivity index (χ0) is 15.2. The molecule has 0 aliphatic heterocycles. The van der Waals surface area contributed by atoms with E-state index in [9.17, 15) is 4.79 Å². The number of esters is 1. The van der Waals surface area contributed by atoms with Crippen LogP contribution in [0, 0.1) is 5.92 Å². The summed E-state index contributed by atoms with van der Waals surface area (Å²) < 4.78 is 10.5. The second kappa shape index (κ2) is 7.96. The minimum Gasteiger partial charge on any atom is -0.465 e. The molecule has 1 N–H and O–H groups in total. The average Bonchev–Trinajstić information content (AvgIpc) is 3.19. The monoisotopic (exact) mass is 286 g/mol. The van der Waals surface area contributed by atoms with Crippen LogP contribution >= 0.6 is 0 Å². The largest absolute Gasteiger partial charge is 0.465 e. The van der Waals surface area contributed by atoms with Crippen LogP contribution in [0.25, 0.3) is 0 Å². The molecule has 0 aromatic rings. The molecule has 1 aliphatic rings. The number of carbonyl (C=O) groups excluding carboxylic acids is 1. The van der Waals surface area contributed by atoms with Crippen molar-refractivity contribution in [3.05, 3.63) is 0 Å². The van der Waals surface area contributed by atoms with Crippen LogP contribution in [0.5, 0.6) is 0 Å². The highest BCUT2D eigenvalue weighted by Gasteiger charge is 2.52. The summed E-state index contributed by atoms with van der Waals surface area (Å²) in [5, 5.41) is 3.49. The second-order valence-corrected chi connectivity index (χ2v) is 6.00. The van der Waals surface area contributed by atoms with Crippen molar-refractivity contribution in [1.29, 1.82) is 0 Å². The van der Waals surface area contributed by atoms with Crippen LogP contribution in [0.1, 0.15) is 33.6 Å². The third-order valence-corrected chi connectivity index (χ3v) is 3.66. The third kappa shape index (κ3) is 4.72. The topological polar surface area (TPSA) is 50.8 Å². The molecule has 1 saturated carbocycles. The smallest absolute Gasteiger partial charge is 0.327 e. The van der Waals surface area contributed by atoms with Crippen LogP contribution in [-0.4, -0.2) is 62.9 Å². The molecule has 0 bridgehead atoms. The van der Waals surface area contributed by atoms with Crippen LogP contribution in [0.3, 0.4) is 0 Å². The maximum absolute atomic E-state index is 12.5. The molecular formula is C15H30N2O3. The van der Waals surface area contributed by atoms with E-state index in [1.165, 1.54) is 0 Å². The van der Waals surface area contributed by atoms with Gasteiger partial charge in [0.2, 0.25) is 0 Å². The number of nitrogens with zero attached hydrogens (tertiary/aromatic N) is 1. The minimum absolute atomic E-state index is 0.111. The Balaban J connectivity index is 2.82. The van der Waals surface area contributed by atoms with Gasteiger partial charge in [-0.1, -0.05) is 0 Å². The minimum atomic E-state index is -0.577. The van der Waals surface area contributed by atoms with E-state index in [0.717, 1.165) is 19.4 Å². The molecule has 0 aromatic heterocycles. The number of hydrogen-bond donors (Lipinski definition) is 1. The molecule has 0 amide bonds. The number of likely N-dealkylation sites (N-methyl/N-ethyl adjacent to an activating group) is 1. The second-order valence-electron chi connectivity index (χ2n) is 6.00. The van der Waals surface area contributed by atoms with Gasteiger partial charge < -0.3 is 14.4 Å². The van der Waals surface area contributed by atoms with Gasteiger partial charge in [-0.15, -0.1) is 0 Å². The van der Waals surface area contributed by atoms with Gasteiger partial charge in [0.15, 0.2) is 0 Å². The molecule has 20 heavy (non-hydrogen) atoms. The van der Waals surface area contributed by atoms with Crippen LogP contribution < -0.4 is 5.32 Å². The average molecular weight is 286 g/mol. The lowest BCUT2D eigenvalue weighted by molar-refractivity contribution is -0.153. The van der Waals surface area contributed by atoms with E-state index in [4.69, 9.17) is 9.47 Å². The summed E-state index contributed by atoms with van der Waals surface area (Å²) in [6, 6.07) is 0.246. The first-order valence-electron chi connectivity index (χ1n) is 7.58. The molecular weight excluding hydrogens is 256 g/mol. The molecule has 5 heteroatoms. The van der Waals surface area contributed by atoms with E-state index in [2.05, 4.69) is 24.1 Å². The zero-order valence-corrected chi connectivity index (χ0v) is 13.6. The van der Waals surface area contributed by atoms with E-state index >= 15 is 0 Å². The third-order valence-electron chi connectivity index (χ3n) is 3.66. The van der Waals surface area contributed by atoms with Crippen molar-refractivity contribution in [2.24, 2.45) is 5.92 Å². The molecule has 0 heterocycles. The fraction of sp³-hybridized carbons (Fsp3) is 0.933. The maximum atomic E-state index is 12.5. The van der Waals surface area contributed by atoms with Crippen LogP contribution in [-0.2, 0) is 14.3 Å². The summed E-state index contributed by atoms with van der Waals surface area (Å²) in [6.45, 7) is 8.58. The SMILES string of the molecule is CCOC(=O)C(CN(C)CCOC)(NC(C)C)C1CC1. The Morgan fingerprint density at radius 3 is 2.55 bits per heavy atom. The first-order valence-corrected chi connectivity index (χ1v) is 7.58. The van der Waals surface area contributed by atoms with Gasteiger partial charge in [-0.2, -0.15) is 0 Å². The standard InChI is InChI=1S/C15H30N2O3/c1-6-20-14(18)15(13-7-8-13,16-12(2)3)11-17(4)9-10-19-5/h12-13,16H,6-11H2,1-5H3. The zero-order valence-electron chi connectivity index (χ0n) is 13.6. The summed E-state index contributed by atoms with van der Waals surface area (Å²) in [6.07, 6.45) is 2.19. The lowest BCUT2D eigenvalue weighted by atomic mass is 9.91. The summed E-state index contributed by atoms with van der Waals surface area (Å²) in [5.74, 6) is 0.273. The number of rotatable bonds is 10. The highest BCUT2D eigenvalue weighted by Crippen LogP contribution is 2.41.